The molecule has 1 atom stereocenters. The number of allylic oxidation sites excluding steroid dienone is 2. The van der Waals surface area contributed by atoms with Gasteiger partial charge in [-0.05, 0) is 37.1 Å². The highest BCUT2D eigenvalue weighted by atomic mass is 19.2. The second-order valence-electron chi connectivity index (χ2n) is 6.68. The summed E-state index contributed by atoms with van der Waals surface area (Å²) in [7, 11) is 0. The Bertz CT molecular complexity index is 1120. The monoisotopic (exact) mass is 426 g/mol. The first kappa shape index (κ1) is 21.8. The molecule has 0 saturated heterocycles. The number of ether oxygens (including phenoxy) is 3. The Morgan fingerprint density at radius 3 is 2.65 bits per heavy atom. The fourth-order valence-electron chi connectivity index (χ4n) is 3.34. The summed E-state index contributed by atoms with van der Waals surface area (Å²) < 4.78 is 42.9. The second kappa shape index (κ2) is 9.30. The van der Waals surface area contributed by atoms with E-state index in [1.807, 2.05) is 6.07 Å². The van der Waals surface area contributed by atoms with Crippen LogP contribution in [0, 0.1) is 23.0 Å². The summed E-state index contributed by atoms with van der Waals surface area (Å²) in [6, 6.07) is 12.2. The predicted octanol–water partition coefficient (Wildman–Crippen LogP) is 4.19. The quantitative estimate of drug-likeness (QED) is 0.696. The zero-order valence-corrected chi connectivity index (χ0v) is 16.9. The minimum atomic E-state index is -1.03. The second-order valence-corrected chi connectivity index (χ2v) is 6.68. The highest BCUT2D eigenvalue weighted by Crippen LogP contribution is 2.41. The molecule has 0 amide bonds. The van der Waals surface area contributed by atoms with Crippen LogP contribution in [0.2, 0.25) is 0 Å². The molecule has 1 unspecified atom stereocenters. The molecule has 6 nitrogen and oxygen atoms in total. The number of esters is 1. The van der Waals surface area contributed by atoms with E-state index >= 15 is 0 Å². The van der Waals surface area contributed by atoms with E-state index < -0.39 is 23.5 Å². The number of nitrogens with two attached hydrogens (primary N) is 1. The highest BCUT2D eigenvalue weighted by molar-refractivity contribution is 5.92. The Hall–Kier alpha value is -3.86. The molecule has 2 N–H and O–H groups in total. The van der Waals surface area contributed by atoms with Crippen molar-refractivity contribution < 1.29 is 27.8 Å². The summed E-state index contributed by atoms with van der Waals surface area (Å²) in [5.41, 5.74) is 7.35. The predicted molar refractivity (Wildman–Crippen MR) is 107 cm³/mol. The molecule has 0 bridgehead atoms. The van der Waals surface area contributed by atoms with Crippen molar-refractivity contribution in [2.24, 2.45) is 5.73 Å². The van der Waals surface area contributed by atoms with Gasteiger partial charge in [0.15, 0.2) is 11.6 Å². The number of halogens is 2. The molecule has 3 rings (SSSR count). The third kappa shape index (κ3) is 4.51. The van der Waals surface area contributed by atoms with Crippen LogP contribution in [0.5, 0.6) is 5.75 Å². The zero-order valence-electron chi connectivity index (χ0n) is 16.9. The molecule has 2 aromatic rings. The summed E-state index contributed by atoms with van der Waals surface area (Å²) >= 11 is 0. The molecule has 160 valence electrons. The van der Waals surface area contributed by atoms with Crippen molar-refractivity contribution in [3.63, 3.8) is 0 Å². The minimum Gasteiger partial charge on any atom is -0.489 e. The lowest BCUT2D eigenvalue weighted by Crippen LogP contribution is -2.26. The van der Waals surface area contributed by atoms with Gasteiger partial charge in [0.05, 0.1) is 18.1 Å². The van der Waals surface area contributed by atoms with Crippen LogP contribution >= 0.6 is 0 Å². The van der Waals surface area contributed by atoms with Crippen molar-refractivity contribution in [1.82, 2.24) is 0 Å². The Morgan fingerprint density at radius 2 is 1.97 bits per heavy atom. The van der Waals surface area contributed by atoms with E-state index in [2.05, 4.69) is 0 Å². The van der Waals surface area contributed by atoms with Gasteiger partial charge < -0.3 is 19.9 Å². The van der Waals surface area contributed by atoms with Gasteiger partial charge in [0, 0.05) is 6.07 Å². The lowest BCUT2D eigenvalue weighted by atomic mass is 9.81. The zero-order chi connectivity index (χ0) is 22.5. The van der Waals surface area contributed by atoms with Gasteiger partial charge in [0.25, 0.3) is 0 Å². The van der Waals surface area contributed by atoms with Gasteiger partial charge in [-0.3, -0.25) is 0 Å². The van der Waals surface area contributed by atoms with Crippen LogP contribution in [-0.4, -0.2) is 12.6 Å². The van der Waals surface area contributed by atoms with Crippen LogP contribution in [0.15, 0.2) is 65.3 Å². The van der Waals surface area contributed by atoms with Crippen LogP contribution in [0.3, 0.4) is 0 Å². The molecule has 1 aliphatic heterocycles. The van der Waals surface area contributed by atoms with Gasteiger partial charge in [-0.2, -0.15) is 5.26 Å². The number of nitriles is 1. The van der Waals surface area contributed by atoms with Gasteiger partial charge in [0.1, 0.15) is 29.8 Å². The van der Waals surface area contributed by atoms with Gasteiger partial charge in [-0.15, -0.1) is 0 Å². The molecule has 0 spiro atoms. The minimum absolute atomic E-state index is 0.0215. The first-order valence-corrected chi connectivity index (χ1v) is 9.48. The van der Waals surface area contributed by atoms with Crippen molar-refractivity contribution in [1.29, 1.82) is 5.26 Å². The fourth-order valence-corrected chi connectivity index (χ4v) is 3.34. The number of benzene rings is 2. The smallest absolute Gasteiger partial charge is 0.338 e. The average molecular weight is 426 g/mol. The summed E-state index contributed by atoms with van der Waals surface area (Å²) in [4.78, 5) is 12.7. The molecular weight excluding hydrogens is 406 g/mol. The molecular formula is C23H20F2N2O4. The van der Waals surface area contributed by atoms with Crippen LogP contribution in [-0.2, 0) is 20.9 Å². The van der Waals surface area contributed by atoms with E-state index in [-0.39, 0.29) is 41.8 Å². The van der Waals surface area contributed by atoms with E-state index in [1.54, 1.807) is 38.1 Å². The molecule has 0 saturated carbocycles. The normalized spacial score (nSPS) is 15.9. The van der Waals surface area contributed by atoms with Crippen LogP contribution in [0.4, 0.5) is 8.78 Å². The Balaban J connectivity index is 2.02. The molecule has 2 aromatic carbocycles. The van der Waals surface area contributed by atoms with Gasteiger partial charge in [0.2, 0.25) is 5.88 Å². The van der Waals surface area contributed by atoms with Crippen molar-refractivity contribution in [3.05, 3.63) is 88.0 Å². The molecule has 8 heteroatoms. The van der Waals surface area contributed by atoms with Gasteiger partial charge in [-0.1, -0.05) is 24.3 Å². The summed E-state index contributed by atoms with van der Waals surface area (Å²) in [5, 5.41) is 9.71. The number of nitrogens with zero attached hydrogens (tertiary/aromatic N) is 1. The molecule has 0 aromatic heterocycles. The Labute approximate surface area is 178 Å². The van der Waals surface area contributed by atoms with Crippen LogP contribution < -0.4 is 10.5 Å². The molecule has 1 aliphatic rings. The first-order valence-electron chi connectivity index (χ1n) is 9.48. The lowest BCUT2D eigenvalue weighted by molar-refractivity contribution is -0.139. The van der Waals surface area contributed by atoms with E-state index in [0.29, 0.717) is 11.1 Å². The number of hydrogen-bond acceptors (Lipinski definition) is 6. The average Bonchev–Trinajstić information content (AvgIpc) is 2.74. The van der Waals surface area contributed by atoms with Gasteiger partial charge >= 0.3 is 5.97 Å². The van der Waals surface area contributed by atoms with Crippen LogP contribution in [0.1, 0.15) is 30.9 Å². The van der Waals surface area contributed by atoms with Crippen molar-refractivity contribution in [2.75, 3.05) is 6.61 Å². The van der Waals surface area contributed by atoms with E-state index in [4.69, 9.17) is 19.9 Å². The fraction of sp³-hybridized carbons (Fsp3) is 0.217. The van der Waals surface area contributed by atoms with Gasteiger partial charge in [-0.25, -0.2) is 13.6 Å². The maximum Gasteiger partial charge on any atom is 0.338 e. The van der Waals surface area contributed by atoms with E-state index in [1.165, 1.54) is 6.07 Å². The Kier molecular flexibility index (Phi) is 6.55. The molecule has 31 heavy (non-hydrogen) atoms. The van der Waals surface area contributed by atoms with E-state index in [9.17, 15) is 18.8 Å². The number of rotatable bonds is 6. The van der Waals surface area contributed by atoms with Crippen molar-refractivity contribution in [3.8, 4) is 11.8 Å². The van der Waals surface area contributed by atoms with Crippen molar-refractivity contribution in [2.45, 2.75) is 26.4 Å². The largest absolute Gasteiger partial charge is 0.489 e. The number of hydrogen-bond donors (Lipinski definition) is 1. The molecule has 1 heterocycles. The maximum absolute atomic E-state index is 13.5. The third-order valence-corrected chi connectivity index (χ3v) is 4.75. The third-order valence-electron chi connectivity index (χ3n) is 4.75. The maximum atomic E-state index is 13.5. The summed E-state index contributed by atoms with van der Waals surface area (Å²) in [5.74, 6) is -3.20. The molecule has 0 radical (unpaired) electrons. The summed E-state index contributed by atoms with van der Waals surface area (Å²) in [6.07, 6.45) is 0. The summed E-state index contributed by atoms with van der Waals surface area (Å²) in [6.45, 7) is 3.36. The molecule has 0 fully saturated rings. The Morgan fingerprint density at radius 1 is 1.23 bits per heavy atom. The standard InChI is InChI=1S/C23H20F2N2O4/c1-3-29-23(28)20-13(2)31-22(27)17(11-26)21(20)16-7-5-4-6-14(16)12-30-15-8-9-18(24)19(25)10-15/h4-10,21H,3,12,27H2,1-2H3. The van der Waals surface area contributed by atoms with E-state index in [0.717, 1.165) is 12.1 Å². The van der Waals surface area contributed by atoms with Crippen molar-refractivity contribution >= 4 is 5.97 Å². The lowest BCUT2D eigenvalue weighted by Gasteiger charge is -2.28. The number of carbonyl (C=O) groups excluding carboxylic acids is 1. The number of carbonyl (C=O) groups is 1. The first-order chi connectivity index (χ1) is 14.9. The molecule has 0 aliphatic carbocycles. The highest BCUT2D eigenvalue weighted by Gasteiger charge is 2.37. The SMILES string of the molecule is CCOC(=O)C1=C(C)OC(N)=C(C#N)C1c1ccccc1COc1ccc(F)c(F)c1. The van der Waals surface area contributed by atoms with Crippen LogP contribution in [0.25, 0.3) is 0 Å². The topological polar surface area (TPSA) is 94.6 Å².